The van der Waals surface area contributed by atoms with Gasteiger partial charge in [0.2, 0.25) is 0 Å². The van der Waals surface area contributed by atoms with Gasteiger partial charge in [-0.2, -0.15) is 0 Å². The molecule has 104 valence electrons. The molecule has 1 saturated carbocycles. The van der Waals surface area contributed by atoms with E-state index in [4.69, 9.17) is 10.2 Å². The molecule has 1 fully saturated rings. The lowest BCUT2D eigenvalue weighted by Gasteiger charge is -2.26. The molecule has 1 aromatic carbocycles. The van der Waals surface area contributed by atoms with Gasteiger partial charge in [0.05, 0.1) is 12.5 Å². The number of hydrogen-bond donors (Lipinski definition) is 2. The van der Waals surface area contributed by atoms with E-state index in [1.807, 2.05) is 6.07 Å². The van der Waals surface area contributed by atoms with E-state index in [2.05, 4.69) is 0 Å². The van der Waals surface area contributed by atoms with Crippen molar-refractivity contribution in [3.05, 3.63) is 35.1 Å². The summed E-state index contributed by atoms with van der Waals surface area (Å²) in [6.45, 7) is -0.282. The highest BCUT2D eigenvalue weighted by atomic mass is 19.1. The SMILES string of the molecule is O=C(O)C1CCC(Cc2ccc(CO)c(F)c2)CC1. The molecule has 1 aromatic rings. The number of aliphatic hydroxyl groups excluding tert-OH is 1. The Hall–Kier alpha value is -1.42. The van der Waals surface area contributed by atoms with Gasteiger partial charge in [-0.25, -0.2) is 4.39 Å². The predicted molar refractivity (Wildman–Crippen MR) is 69.1 cm³/mol. The number of hydrogen-bond acceptors (Lipinski definition) is 2. The molecule has 3 nitrogen and oxygen atoms in total. The minimum Gasteiger partial charge on any atom is -0.481 e. The summed E-state index contributed by atoms with van der Waals surface area (Å²) in [4.78, 5) is 10.9. The lowest BCUT2D eigenvalue weighted by Crippen LogP contribution is -2.22. The molecule has 0 atom stereocenters. The largest absolute Gasteiger partial charge is 0.481 e. The van der Waals surface area contributed by atoms with E-state index in [0.29, 0.717) is 11.5 Å². The molecular formula is C15H19FO3. The van der Waals surface area contributed by atoms with Crippen molar-refractivity contribution in [1.82, 2.24) is 0 Å². The first-order valence-electron chi connectivity index (χ1n) is 6.71. The van der Waals surface area contributed by atoms with Crippen LogP contribution in [0, 0.1) is 17.7 Å². The van der Waals surface area contributed by atoms with E-state index in [-0.39, 0.29) is 18.3 Å². The molecule has 2 rings (SSSR count). The quantitative estimate of drug-likeness (QED) is 0.881. The van der Waals surface area contributed by atoms with Crippen molar-refractivity contribution in [2.45, 2.75) is 38.7 Å². The first kappa shape index (κ1) is 14.0. The summed E-state index contributed by atoms with van der Waals surface area (Å²) >= 11 is 0. The van der Waals surface area contributed by atoms with Crippen LogP contribution in [0.4, 0.5) is 4.39 Å². The maximum Gasteiger partial charge on any atom is 0.306 e. The zero-order chi connectivity index (χ0) is 13.8. The second-order valence-electron chi connectivity index (χ2n) is 5.34. The Morgan fingerprint density at radius 3 is 2.47 bits per heavy atom. The molecule has 0 saturated heterocycles. The van der Waals surface area contributed by atoms with Crippen LogP contribution in [0.15, 0.2) is 18.2 Å². The average molecular weight is 266 g/mol. The molecule has 2 N–H and O–H groups in total. The number of halogens is 1. The number of carboxylic acid groups (broad SMARTS) is 1. The Morgan fingerprint density at radius 2 is 1.95 bits per heavy atom. The van der Waals surface area contributed by atoms with Gasteiger partial charge in [0, 0.05) is 5.56 Å². The lowest BCUT2D eigenvalue weighted by molar-refractivity contribution is -0.143. The highest BCUT2D eigenvalue weighted by Gasteiger charge is 2.25. The van der Waals surface area contributed by atoms with Gasteiger partial charge in [0.25, 0.3) is 0 Å². The molecule has 0 bridgehead atoms. The van der Waals surface area contributed by atoms with Crippen LogP contribution in [0.3, 0.4) is 0 Å². The van der Waals surface area contributed by atoms with Crippen LogP contribution >= 0.6 is 0 Å². The van der Waals surface area contributed by atoms with E-state index in [0.717, 1.165) is 37.7 Å². The zero-order valence-electron chi connectivity index (χ0n) is 10.8. The number of benzene rings is 1. The maximum atomic E-state index is 13.5. The zero-order valence-corrected chi connectivity index (χ0v) is 10.8. The second-order valence-corrected chi connectivity index (χ2v) is 5.34. The molecule has 1 aliphatic carbocycles. The van der Waals surface area contributed by atoms with Gasteiger partial charge in [-0.1, -0.05) is 12.1 Å². The van der Waals surface area contributed by atoms with Crippen LogP contribution < -0.4 is 0 Å². The smallest absolute Gasteiger partial charge is 0.306 e. The molecule has 0 heterocycles. The summed E-state index contributed by atoms with van der Waals surface area (Å²) in [5.74, 6) is -0.823. The fourth-order valence-corrected chi connectivity index (χ4v) is 2.79. The normalized spacial score (nSPS) is 23.3. The van der Waals surface area contributed by atoms with E-state index >= 15 is 0 Å². The molecule has 0 aromatic heterocycles. The summed E-state index contributed by atoms with van der Waals surface area (Å²) in [5.41, 5.74) is 1.24. The standard InChI is InChI=1S/C15H19FO3/c16-14-8-11(3-6-13(14)9-17)7-10-1-4-12(5-2-10)15(18)19/h3,6,8,10,12,17H,1-2,4-5,7,9H2,(H,18,19). The van der Waals surface area contributed by atoms with Gasteiger partial charge in [-0.3, -0.25) is 4.79 Å². The van der Waals surface area contributed by atoms with Crippen molar-refractivity contribution >= 4 is 5.97 Å². The Labute approximate surface area is 112 Å². The predicted octanol–water partition coefficient (Wildman–Crippen LogP) is 2.75. The Bertz CT molecular complexity index is 451. The highest BCUT2D eigenvalue weighted by Crippen LogP contribution is 2.31. The minimum atomic E-state index is -0.697. The Balaban J connectivity index is 1.92. The summed E-state index contributed by atoms with van der Waals surface area (Å²) in [6.07, 6.45) is 4.00. The molecule has 0 amide bonds. The van der Waals surface area contributed by atoms with Crippen LogP contribution in [0.5, 0.6) is 0 Å². The van der Waals surface area contributed by atoms with Gasteiger partial charge in [-0.15, -0.1) is 0 Å². The Kier molecular flexibility index (Phi) is 4.53. The van der Waals surface area contributed by atoms with Crippen LogP contribution in [-0.2, 0) is 17.8 Å². The van der Waals surface area contributed by atoms with Crippen molar-refractivity contribution in [2.24, 2.45) is 11.8 Å². The van der Waals surface area contributed by atoms with E-state index in [9.17, 15) is 9.18 Å². The maximum absolute atomic E-state index is 13.5. The number of carboxylic acids is 1. The molecule has 0 radical (unpaired) electrons. The fraction of sp³-hybridized carbons (Fsp3) is 0.533. The van der Waals surface area contributed by atoms with Crippen molar-refractivity contribution in [3.8, 4) is 0 Å². The monoisotopic (exact) mass is 266 g/mol. The number of carbonyl (C=O) groups is 1. The van der Waals surface area contributed by atoms with Crippen molar-refractivity contribution in [2.75, 3.05) is 0 Å². The summed E-state index contributed by atoms with van der Waals surface area (Å²) in [5, 5.41) is 17.9. The van der Waals surface area contributed by atoms with Crippen LogP contribution in [-0.4, -0.2) is 16.2 Å². The molecule has 0 spiro atoms. The van der Waals surface area contributed by atoms with Gasteiger partial charge in [-0.05, 0) is 49.7 Å². The third-order valence-electron chi connectivity index (χ3n) is 4.01. The van der Waals surface area contributed by atoms with E-state index in [1.165, 1.54) is 6.07 Å². The van der Waals surface area contributed by atoms with E-state index in [1.54, 1.807) is 6.07 Å². The van der Waals surface area contributed by atoms with Crippen molar-refractivity contribution in [1.29, 1.82) is 0 Å². The number of aliphatic carboxylic acids is 1. The van der Waals surface area contributed by atoms with Gasteiger partial charge in [0.1, 0.15) is 5.82 Å². The van der Waals surface area contributed by atoms with Crippen molar-refractivity contribution in [3.63, 3.8) is 0 Å². The number of aliphatic hydroxyl groups is 1. The molecule has 1 aliphatic rings. The van der Waals surface area contributed by atoms with Gasteiger partial charge >= 0.3 is 5.97 Å². The minimum absolute atomic E-state index is 0.204. The molecule has 0 unspecified atom stereocenters. The first-order chi connectivity index (χ1) is 9.10. The van der Waals surface area contributed by atoms with E-state index < -0.39 is 5.97 Å². The van der Waals surface area contributed by atoms with Crippen molar-refractivity contribution < 1.29 is 19.4 Å². The second kappa shape index (κ2) is 6.15. The number of rotatable bonds is 4. The fourth-order valence-electron chi connectivity index (χ4n) is 2.79. The molecule has 19 heavy (non-hydrogen) atoms. The summed E-state index contributed by atoms with van der Waals surface area (Å²) in [7, 11) is 0. The third-order valence-corrected chi connectivity index (χ3v) is 4.01. The summed E-state index contributed by atoms with van der Waals surface area (Å²) in [6, 6.07) is 4.94. The summed E-state index contributed by atoms with van der Waals surface area (Å²) < 4.78 is 13.5. The van der Waals surface area contributed by atoms with Crippen LogP contribution in [0.2, 0.25) is 0 Å². The van der Waals surface area contributed by atoms with Gasteiger partial charge in [0.15, 0.2) is 0 Å². The van der Waals surface area contributed by atoms with Crippen LogP contribution in [0.25, 0.3) is 0 Å². The van der Waals surface area contributed by atoms with Crippen LogP contribution in [0.1, 0.15) is 36.8 Å². The van der Waals surface area contributed by atoms with Gasteiger partial charge < -0.3 is 10.2 Å². The Morgan fingerprint density at radius 1 is 1.26 bits per heavy atom. The third kappa shape index (κ3) is 3.53. The topological polar surface area (TPSA) is 57.5 Å². The average Bonchev–Trinajstić information content (AvgIpc) is 2.39. The molecular weight excluding hydrogens is 247 g/mol. The lowest BCUT2D eigenvalue weighted by atomic mass is 9.79. The molecule has 4 heteroatoms. The first-order valence-corrected chi connectivity index (χ1v) is 6.71. The molecule has 0 aliphatic heterocycles. The highest BCUT2D eigenvalue weighted by molar-refractivity contribution is 5.69.